The number of halogens is 1. The number of aryl methyl sites for hydroxylation is 1. The molecule has 0 saturated carbocycles. The van der Waals surface area contributed by atoms with Crippen LogP contribution in [0.5, 0.6) is 5.75 Å². The lowest BCUT2D eigenvalue weighted by Crippen LogP contribution is -2.17. The van der Waals surface area contributed by atoms with Crippen LogP contribution in [-0.2, 0) is 0 Å². The molecule has 1 aromatic heterocycles. The fraction of sp³-hybridized carbons (Fsp3) is 0.0417. The number of nitrogens with zero attached hydrogens (tertiary/aromatic N) is 2. The molecule has 3 N–H and O–H groups in total. The summed E-state index contributed by atoms with van der Waals surface area (Å²) in [6, 6.07) is 19.8. The van der Waals surface area contributed by atoms with Gasteiger partial charge in [-0.05, 0) is 49.4 Å². The number of thiazole rings is 1. The molecule has 0 aliphatic rings. The number of aromatic hydroxyl groups is 1. The summed E-state index contributed by atoms with van der Waals surface area (Å²) in [6.07, 6.45) is 1.34. The van der Waals surface area contributed by atoms with Gasteiger partial charge in [0.15, 0.2) is 5.13 Å². The normalized spacial score (nSPS) is 10.9. The number of nitrogens with one attached hydrogen (secondary N) is 2. The van der Waals surface area contributed by atoms with Crippen LogP contribution in [-0.4, -0.2) is 22.2 Å². The van der Waals surface area contributed by atoms with Crippen molar-refractivity contribution >= 4 is 45.9 Å². The third-order valence-electron chi connectivity index (χ3n) is 4.61. The molecule has 0 radical (unpaired) electrons. The van der Waals surface area contributed by atoms with E-state index in [2.05, 4.69) is 20.8 Å². The Morgan fingerprint density at radius 3 is 2.59 bits per heavy atom. The predicted molar refractivity (Wildman–Crippen MR) is 130 cm³/mol. The van der Waals surface area contributed by atoms with Crippen molar-refractivity contribution in [3.8, 4) is 17.0 Å². The fourth-order valence-electron chi connectivity index (χ4n) is 2.87. The first-order valence-electron chi connectivity index (χ1n) is 9.69. The number of phenolic OH excluding ortho intramolecular Hbond substituents is 1. The molecular weight excluding hydrogens is 444 g/mol. The van der Waals surface area contributed by atoms with E-state index in [1.165, 1.54) is 29.2 Å². The maximum atomic E-state index is 12.3. The maximum Gasteiger partial charge on any atom is 0.271 e. The average Bonchev–Trinajstić information content (AvgIpc) is 3.26. The van der Waals surface area contributed by atoms with E-state index in [1.807, 2.05) is 48.7 Å². The Kier molecular flexibility index (Phi) is 6.49. The van der Waals surface area contributed by atoms with Gasteiger partial charge in [-0.3, -0.25) is 4.79 Å². The van der Waals surface area contributed by atoms with Crippen molar-refractivity contribution in [1.29, 1.82) is 0 Å². The van der Waals surface area contributed by atoms with Gasteiger partial charge in [-0.25, -0.2) is 10.4 Å². The van der Waals surface area contributed by atoms with Crippen LogP contribution >= 0.6 is 22.9 Å². The molecule has 32 heavy (non-hydrogen) atoms. The molecule has 0 bridgehead atoms. The van der Waals surface area contributed by atoms with E-state index in [4.69, 9.17) is 11.6 Å². The Hall–Kier alpha value is -3.68. The van der Waals surface area contributed by atoms with Crippen molar-refractivity contribution in [2.24, 2.45) is 5.10 Å². The van der Waals surface area contributed by atoms with Gasteiger partial charge in [0, 0.05) is 32.8 Å². The topological polar surface area (TPSA) is 86.6 Å². The zero-order valence-corrected chi connectivity index (χ0v) is 18.6. The van der Waals surface area contributed by atoms with Crippen molar-refractivity contribution in [2.45, 2.75) is 6.92 Å². The number of amides is 1. The monoisotopic (exact) mass is 462 g/mol. The number of carbonyl (C=O) groups excluding carboxylic acids is 1. The van der Waals surface area contributed by atoms with E-state index in [-0.39, 0.29) is 11.7 Å². The number of hydrogen-bond acceptors (Lipinski definition) is 6. The molecule has 0 saturated heterocycles. The lowest BCUT2D eigenvalue weighted by molar-refractivity contribution is 0.0955. The Morgan fingerprint density at radius 1 is 1.09 bits per heavy atom. The number of hydrazone groups is 1. The van der Waals surface area contributed by atoms with Crippen LogP contribution in [0.2, 0.25) is 5.02 Å². The summed E-state index contributed by atoms with van der Waals surface area (Å²) in [7, 11) is 0. The second kappa shape index (κ2) is 9.64. The standard InChI is InChI=1S/C24H19ClN4O2S/c1-15-2-9-20(10-3-15)27-24-28-21(14-32-24)16-4-6-17(7-5-16)23(31)29-26-13-18-12-19(25)8-11-22(18)30/h2-14,30H,1H3,(H,27,28)(H,29,31)/b26-13-. The van der Waals surface area contributed by atoms with Gasteiger partial charge in [0.25, 0.3) is 5.91 Å². The van der Waals surface area contributed by atoms with Crippen LogP contribution in [0.25, 0.3) is 11.3 Å². The van der Waals surface area contributed by atoms with Gasteiger partial charge in [0.2, 0.25) is 0 Å². The van der Waals surface area contributed by atoms with Gasteiger partial charge in [-0.1, -0.05) is 41.4 Å². The van der Waals surface area contributed by atoms with Crippen molar-refractivity contribution in [2.75, 3.05) is 5.32 Å². The molecule has 0 unspecified atom stereocenters. The summed E-state index contributed by atoms with van der Waals surface area (Å²) in [5.74, 6) is -0.342. The lowest BCUT2D eigenvalue weighted by atomic mass is 10.1. The van der Waals surface area contributed by atoms with Gasteiger partial charge < -0.3 is 10.4 Å². The van der Waals surface area contributed by atoms with Crippen molar-refractivity contribution in [1.82, 2.24) is 10.4 Å². The molecule has 1 heterocycles. The molecule has 0 atom stereocenters. The minimum atomic E-state index is -0.366. The summed E-state index contributed by atoms with van der Waals surface area (Å²) in [5, 5.41) is 20.2. The number of carbonyl (C=O) groups is 1. The van der Waals surface area contributed by atoms with E-state index >= 15 is 0 Å². The lowest BCUT2D eigenvalue weighted by Gasteiger charge is -2.03. The quantitative estimate of drug-likeness (QED) is 0.243. The molecule has 4 aromatic rings. The highest BCUT2D eigenvalue weighted by molar-refractivity contribution is 7.14. The number of aromatic nitrogens is 1. The smallest absolute Gasteiger partial charge is 0.271 e. The molecule has 6 nitrogen and oxygen atoms in total. The molecule has 8 heteroatoms. The van der Waals surface area contributed by atoms with E-state index in [0.29, 0.717) is 16.1 Å². The highest BCUT2D eigenvalue weighted by Gasteiger charge is 2.08. The largest absolute Gasteiger partial charge is 0.507 e. The van der Waals surface area contributed by atoms with E-state index in [9.17, 15) is 9.90 Å². The Bertz CT molecular complexity index is 1270. The molecule has 160 valence electrons. The number of hydrogen-bond donors (Lipinski definition) is 3. The molecule has 0 spiro atoms. The summed E-state index contributed by atoms with van der Waals surface area (Å²) in [5.41, 5.74) is 7.22. The first-order valence-corrected chi connectivity index (χ1v) is 11.0. The zero-order chi connectivity index (χ0) is 22.5. The average molecular weight is 463 g/mol. The summed E-state index contributed by atoms with van der Waals surface area (Å²) < 4.78 is 0. The SMILES string of the molecule is Cc1ccc(Nc2nc(-c3ccc(C(=O)N/N=C\c4cc(Cl)ccc4O)cc3)cs2)cc1. The van der Waals surface area contributed by atoms with Crippen LogP contribution in [0.4, 0.5) is 10.8 Å². The van der Waals surface area contributed by atoms with Gasteiger partial charge in [0.1, 0.15) is 5.75 Å². The summed E-state index contributed by atoms with van der Waals surface area (Å²) in [4.78, 5) is 16.9. The summed E-state index contributed by atoms with van der Waals surface area (Å²) in [6.45, 7) is 2.05. The second-order valence-corrected chi connectivity index (χ2v) is 8.30. The first kappa shape index (κ1) is 21.5. The molecule has 4 rings (SSSR count). The fourth-order valence-corrected chi connectivity index (χ4v) is 3.79. The maximum absolute atomic E-state index is 12.3. The number of benzene rings is 3. The molecule has 3 aromatic carbocycles. The Labute approximate surface area is 194 Å². The third kappa shape index (κ3) is 5.32. The van der Waals surface area contributed by atoms with Crippen molar-refractivity contribution in [3.05, 3.63) is 93.8 Å². The highest BCUT2D eigenvalue weighted by atomic mass is 35.5. The molecule has 1 amide bonds. The van der Waals surface area contributed by atoms with Gasteiger partial charge >= 0.3 is 0 Å². The Morgan fingerprint density at radius 2 is 1.84 bits per heavy atom. The van der Waals surface area contributed by atoms with Gasteiger partial charge in [-0.15, -0.1) is 11.3 Å². The minimum Gasteiger partial charge on any atom is -0.507 e. The third-order valence-corrected chi connectivity index (χ3v) is 5.60. The molecule has 0 fully saturated rings. The van der Waals surface area contributed by atoms with Crippen molar-refractivity contribution < 1.29 is 9.90 Å². The van der Waals surface area contributed by atoms with E-state index in [0.717, 1.165) is 22.1 Å². The Balaban J connectivity index is 1.39. The van der Waals surface area contributed by atoms with Crippen LogP contribution in [0.1, 0.15) is 21.5 Å². The van der Waals surface area contributed by atoms with E-state index in [1.54, 1.807) is 24.3 Å². The zero-order valence-electron chi connectivity index (χ0n) is 17.0. The van der Waals surface area contributed by atoms with E-state index < -0.39 is 0 Å². The highest BCUT2D eigenvalue weighted by Crippen LogP contribution is 2.27. The molecular formula is C24H19ClN4O2S. The predicted octanol–water partition coefficient (Wildman–Crippen LogP) is 5.99. The van der Waals surface area contributed by atoms with Crippen LogP contribution in [0.15, 0.2) is 77.2 Å². The first-order chi connectivity index (χ1) is 15.5. The van der Waals surface area contributed by atoms with Gasteiger partial charge in [0.05, 0.1) is 11.9 Å². The number of rotatable bonds is 6. The summed E-state index contributed by atoms with van der Waals surface area (Å²) >= 11 is 7.41. The minimum absolute atomic E-state index is 0.0243. The number of phenols is 1. The van der Waals surface area contributed by atoms with Crippen molar-refractivity contribution in [3.63, 3.8) is 0 Å². The number of anilines is 2. The van der Waals surface area contributed by atoms with Crippen LogP contribution in [0.3, 0.4) is 0 Å². The van der Waals surface area contributed by atoms with Crippen LogP contribution < -0.4 is 10.7 Å². The second-order valence-electron chi connectivity index (χ2n) is 7.01. The molecule has 0 aliphatic heterocycles. The van der Waals surface area contributed by atoms with Crippen LogP contribution in [0, 0.1) is 6.92 Å². The van der Waals surface area contributed by atoms with Gasteiger partial charge in [-0.2, -0.15) is 5.10 Å². The molecule has 0 aliphatic carbocycles.